The summed E-state index contributed by atoms with van der Waals surface area (Å²) in [6.07, 6.45) is 0.558. The van der Waals surface area contributed by atoms with Crippen molar-refractivity contribution in [2.45, 2.75) is 6.42 Å². The predicted octanol–water partition coefficient (Wildman–Crippen LogP) is 2.24. The van der Waals surface area contributed by atoms with Gasteiger partial charge in [-0.15, -0.1) is 0 Å². The molecule has 0 unspecified atom stereocenters. The zero-order valence-corrected chi connectivity index (χ0v) is 15.2. The summed E-state index contributed by atoms with van der Waals surface area (Å²) in [5.74, 6) is 1.97. The number of methoxy groups -OCH3 is 2. The lowest BCUT2D eigenvalue weighted by molar-refractivity contribution is 0.339. The Morgan fingerprint density at radius 1 is 0.920 bits per heavy atom. The van der Waals surface area contributed by atoms with E-state index in [1.54, 1.807) is 38.5 Å². The molecule has 7 heteroatoms. The van der Waals surface area contributed by atoms with Gasteiger partial charge in [0.25, 0.3) is 0 Å². The van der Waals surface area contributed by atoms with Crippen LogP contribution in [0.1, 0.15) is 5.56 Å². The first-order valence-electron chi connectivity index (χ1n) is 7.90. The molecule has 0 amide bonds. The first kappa shape index (κ1) is 19.1. The van der Waals surface area contributed by atoms with Crippen LogP contribution in [-0.2, 0) is 16.4 Å². The van der Waals surface area contributed by atoms with E-state index in [2.05, 4.69) is 4.72 Å². The van der Waals surface area contributed by atoms with Crippen LogP contribution in [0.15, 0.2) is 48.5 Å². The Hall–Kier alpha value is -2.25. The minimum Gasteiger partial charge on any atom is -0.497 e. The monoisotopic (exact) mass is 365 g/mol. The van der Waals surface area contributed by atoms with E-state index in [0.717, 1.165) is 17.1 Å². The third kappa shape index (κ3) is 6.28. The molecule has 0 radical (unpaired) electrons. The first-order chi connectivity index (χ1) is 12.0. The standard InChI is InChI=1S/C18H23NO5S/c1-22-16-7-9-17(10-8-16)24-13-14-25(20,21)19-12-11-15-5-3-4-6-18(15)23-2/h3-10,19H,11-14H2,1-2H3. The van der Waals surface area contributed by atoms with Gasteiger partial charge in [-0.05, 0) is 42.3 Å². The molecule has 2 aromatic carbocycles. The second-order valence-corrected chi connectivity index (χ2v) is 7.23. The van der Waals surface area contributed by atoms with Gasteiger partial charge in [0.05, 0.1) is 20.0 Å². The number of hydrogen-bond donors (Lipinski definition) is 1. The number of rotatable bonds is 10. The van der Waals surface area contributed by atoms with E-state index in [4.69, 9.17) is 14.2 Å². The molecule has 0 aliphatic heterocycles. The Bertz CT molecular complexity index is 759. The van der Waals surface area contributed by atoms with Crippen molar-refractivity contribution in [3.05, 3.63) is 54.1 Å². The van der Waals surface area contributed by atoms with Crippen molar-refractivity contribution in [3.8, 4) is 17.2 Å². The zero-order chi connectivity index (χ0) is 18.1. The SMILES string of the molecule is COc1ccc(OCCS(=O)(=O)NCCc2ccccc2OC)cc1. The first-order valence-corrected chi connectivity index (χ1v) is 9.55. The quantitative estimate of drug-likeness (QED) is 0.699. The fourth-order valence-electron chi connectivity index (χ4n) is 2.26. The van der Waals surface area contributed by atoms with Crippen LogP contribution in [0.5, 0.6) is 17.2 Å². The molecule has 0 saturated carbocycles. The molecule has 1 N–H and O–H groups in total. The van der Waals surface area contributed by atoms with Gasteiger partial charge in [-0.1, -0.05) is 18.2 Å². The van der Waals surface area contributed by atoms with Crippen molar-refractivity contribution in [1.29, 1.82) is 0 Å². The molecule has 2 rings (SSSR count). The van der Waals surface area contributed by atoms with E-state index in [-0.39, 0.29) is 12.4 Å². The molecule has 0 bridgehead atoms. The maximum absolute atomic E-state index is 12.0. The molecule has 6 nitrogen and oxygen atoms in total. The van der Waals surface area contributed by atoms with Crippen LogP contribution in [-0.4, -0.2) is 41.5 Å². The van der Waals surface area contributed by atoms with Gasteiger partial charge >= 0.3 is 0 Å². The molecule has 0 fully saturated rings. The third-order valence-corrected chi connectivity index (χ3v) is 4.94. The van der Waals surface area contributed by atoms with Crippen molar-refractivity contribution >= 4 is 10.0 Å². The summed E-state index contributed by atoms with van der Waals surface area (Å²) >= 11 is 0. The van der Waals surface area contributed by atoms with Crippen LogP contribution >= 0.6 is 0 Å². The van der Waals surface area contributed by atoms with E-state index in [0.29, 0.717) is 18.7 Å². The van der Waals surface area contributed by atoms with Gasteiger partial charge in [0.2, 0.25) is 10.0 Å². The molecule has 2 aromatic rings. The average molecular weight is 365 g/mol. The van der Waals surface area contributed by atoms with Crippen LogP contribution in [0.4, 0.5) is 0 Å². The summed E-state index contributed by atoms with van der Waals surface area (Å²) < 4.78 is 42.4. The molecule has 136 valence electrons. The van der Waals surface area contributed by atoms with Crippen LogP contribution in [0.25, 0.3) is 0 Å². The van der Waals surface area contributed by atoms with Crippen LogP contribution in [0.3, 0.4) is 0 Å². The second kappa shape index (κ2) is 9.29. The van der Waals surface area contributed by atoms with E-state index < -0.39 is 10.0 Å². The maximum Gasteiger partial charge on any atom is 0.214 e. The lowest BCUT2D eigenvalue weighted by Crippen LogP contribution is -2.30. The Labute approximate surface area is 148 Å². The van der Waals surface area contributed by atoms with Crippen molar-refractivity contribution in [2.24, 2.45) is 0 Å². The van der Waals surface area contributed by atoms with Gasteiger partial charge < -0.3 is 14.2 Å². The van der Waals surface area contributed by atoms with Crippen molar-refractivity contribution in [3.63, 3.8) is 0 Å². The summed E-state index contributed by atoms with van der Waals surface area (Å²) in [6, 6.07) is 14.5. The summed E-state index contributed by atoms with van der Waals surface area (Å²) in [5, 5.41) is 0. The lowest BCUT2D eigenvalue weighted by atomic mass is 10.1. The average Bonchev–Trinajstić information content (AvgIpc) is 2.62. The maximum atomic E-state index is 12.0. The smallest absolute Gasteiger partial charge is 0.214 e. The number of nitrogens with one attached hydrogen (secondary N) is 1. The van der Waals surface area contributed by atoms with Crippen molar-refractivity contribution in [1.82, 2.24) is 4.72 Å². The molecule has 0 aliphatic rings. The fourth-order valence-corrected chi connectivity index (χ4v) is 3.12. The largest absolute Gasteiger partial charge is 0.497 e. The fraction of sp³-hybridized carbons (Fsp3) is 0.333. The Morgan fingerprint density at radius 3 is 2.28 bits per heavy atom. The van der Waals surface area contributed by atoms with Crippen LogP contribution in [0, 0.1) is 0 Å². The third-order valence-electron chi connectivity index (χ3n) is 3.59. The molecule has 0 heterocycles. The molecule has 25 heavy (non-hydrogen) atoms. The number of hydrogen-bond acceptors (Lipinski definition) is 5. The summed E-state index contributed by atoms with van der Waals surface area (Å²) in [5.41, 5.74) is 0.960. The highest BCUT2D eigenvalue weighted by atomic mass is 32.2. The lowest BCUT2D eigenvalue weighted by Gasteiger charge is -2.10. The Morgan fingerprint density at radius 2 is 1.60 bits per heavy atom. The molecule has 0 aliphatic carbocycles. The molecule has 0 spiro atoms. The molecular formula is C18H23NO5S. The highest BCUT2D eigenvalue weighted by Crippen LogP contribution is 2.18. The summed E-state index contributed by atoms with van der Waals surface area (Å²) in [4.78, 5) is 0. The molecule has 0 atom stereocenters. The van der Waals surface area contributed by atoms with Gasteiger partial charge in [0.1, 0.15) is 23.9 Å². The van der Waals surface area contributed by atoms with Crippen molar-refractivity contribution < 1.29 is 22.6 Å². The second-order valence-electron chi connectivity index (χ2n) is 5.30. The molecular weight excluding hydrogens is 342 g/mol. The minimum atomic E-state index is -3.39. The van der Waals surface area contributed by atoms with Gasteiger partial charge in [0, 0.05) is 6.54 Å². The van der Waals surface area contributed by atoms with Gasteiger partial charge in [-0.2, -0.15) is 0 Å². The normalized spacial score (nSPS) is 11.1. The minimum absolute atomic E-state index is 0.0797. The highest BCUT2D eigenvalue weighted by Gasteiger charge is 2.11. The number of ether oxygens (including phenoxy) is 3. The molecule has 0 saturated heterocycles. The summed E-state index contributed by atoms with van der Waals surface area (Å²) in [6.45, 7) is 0.390. The molecule has 0 aromatic heterocycles. The van der Waals surface area contributed by atoms with E-state index >= 15 is 0 Å². The van der Waals surface area contributed by atoms with E-state index in [1.165, 1.54) is 0 Å². The summed E-state index contributed by atoms with van der Waals surface area (Å²) in [7, 11) is -0.216. The van der Waals surface area contributed by atoms with E-state index in [9.17, 15) is 8.42 Å². The van der Waals surface area contributed by atoms with Crippen molar-refractivity contribution in [2.75, 3.05) is 33.1 Å². The van der Waals surface area contributed by atoms with Gasteiger partial charge in [-0.3, -0.25) is 0 Å². The zero-order valence-electron chi connectivity index (χ0n) is 14.4. The van der Waals surface area contributed by atoms with Crippen LogP contribution < -0.4 is 18.9 Å². The van der Waals surface area contributed by atoms with Gasteiger partial charge in [0.15, 0.2) is 0 Å². The number of sulfonamides is 1. The Kier molecular flexibility index (Phi) is 7.09. The Balaban J connectivity index is 1.75. The van der Waals surface area contributed by atoms with Gasteiger partial charge in [-0.25, -0.2) is 13.1 Å². The number of benzene rings is 2. The topological polar surface area (TPSA) is 73.9 Å². The number of para-hydroxylation sites is 1. The predicted molar refractivity (Wildman–Crippen MR) is 97.0 cm³/mol. The van der Waals surface area contributed by atoms with Crippen LogP contribution in [0.2, 0.25) is 0 Å². The van der Waals surface area contributed by atoms with E-state index in [1.807, 2.05) is 24.3 Å². The highest BCUT2D eigenvalue weighted by molar-refractivity contribution is 7.89.